The van der Waals surface area contributed by atoms with Crippen LogP contribution in [0.25, 0.3) is 0 Å². The summed E-state index contributed by atoms with van der Waals surface area (Å²) in [5.41, 5.74) is 0. The van der Waals surface area contributed by atoms with E-state index >= 15 is 0 Å². The largest absolute Gasteiger partial charge is 0.481 e. The van der Waals surface area contributed by atoms with E-state index in [0.717, 1.165) is 13.0 Å². The number of nitrogens with one attached hydrogen (secondary N) is 1. The molecule has 2 amide bonds. The van der Waals surface area contributed by atoms with Crippen molar-refractivity contribution in [2.24, 2.45) is 0 Å². The van der Waals surface area contributed by atoms with Crippen LogP contribution in [0.5, 0.6) is 0 Å². The van der Waals surface area contributed by atoms with Crippen LogP contribution >= 0.6 is 0 Å². The van der Waals surface area contributed by atoms with Crippen molar-refractivity contribution >= 4 is 12.0 Å². The predicted octanol–water partition coefficient (Wildman–Crippen LogP) is -0.0343. The van der Waals surface area contributed by atoms with Crippen LogP contribution in [0.4, 0.5) is 4.79 Å². The Morgan fingerprint density at radius 1 is 1.40 bits per heavy atom. The molecular weight excluding hydrogens is 262 g/mol. The smallest absolute Gasteiger partial charge is 0.317 e. The van der Waals surface area contributed by atoms with Crippen molar-refractivity contribution in [3.8, 4) is 0 Å². The lowest BCUT2D eigenvalue weighted by molar-refractivity contribution is -0.141. The fourth-order valence-corrected chi connectivity index (χ4v) is 2.78. The van der Waals surface area contributed by atoms with Gasteiger partial charge in [-0.25, -0.2) is 4.79 Å². The number of carbonyl (C=O) groups excluding carboxylic acids is 1. The van der Waals surface area contributed by atoms with Crippen LogP contribution in [0.15, 0.2) is 0 Å². The number of carboxylic acid groups (broad SMARTS) is 1. The third-order valence-electron chi connectivity index (χ3n) is 3.99. The molecule has 20 heavy (non-hydrogen) atoms. The van der Waals surface area contributed by atoms with Gasteiger partial charge in [0.15, 0.2) is 0 Å². The molecule has 0 saturated carbocycles. The number of nitrogens with zero attached hydrogens (tertiary/aromatic N) is 2. The van der Waals surface area contributed by atoms with Crippen molar-refractivity contribution < 1.29 is 19.4 Å². The summed E-state index contributed by atoms with van der Waals surface area (Å²) in [5.74, 6) is -0.898. The summed E-state index contributed by atoms with van der Waals surface area (Å²) < 4.78 is 5.35. The molecule has 0 aromatic rings. The van der Waals surface area contributed by atoms with Gasteiger partial charge >= 0.3 is 12.0 Å². The van der Waals surface area contributed by atoms with Crippen molar-refractivity contribution in [2.75, 3.05) is 39.8 Å². The number of ether oxygens (including phenoxy) is 1. The molecule has 0 radical (unpaired) electrons. The van der Waals surface area contributed by atoms with Gasteiger partial charge < -0.3 is 25.0 Å². The van der Waals surface area contributed by atoms with Crippen molar-refractivity contribution in [1.29, 1.82) is 0 Å². The molecule has 7 heteroatoms. The molecule has 2 unspecified atom stereocenters. The molecule has 2 aliphatic rings. The predicted molar refractivity (Wildman–Crippen MR) is 72.6 cm³/mol. The fraction of sp³-hybridized carbons (Fsp3) is 0.846. The third-order valence-corrected chi connectivity index (χ3v) is 3.99. The Hall–Kier alpha value is -1.34. The van der Waals surface area contributed by atoms with Gasteiger partial charge in [0, 0.05) is 25.7 Å². The maximum Gasteiger partial charge on any atom is 0.317 e. The van der Waals surface area contributed by atoms with E-state index < -0.39 is 12.1 Å². The van der Waals surface area contributed by atoms with Crippen LogP contribution in [-0.4, -0.2) is 78.9 Å². The average molecular weight is 285 g/mol. The van der Waals surface area contributed by atoms with Gasteiger partial charge in [0.2, 0.25) is 0 Å². The van der Waals surface area contributed by atoms with Crippen molar-refractivity contribution in [2.45, 2.75) is 31.4 Å². The number of carbonyl (C=O) groups is 2. The van der Waals surface area contributed by atoms with Gasteiger partial charge in [-0.05, 0) is 26.4 Å². The Morgan fingerprint density at radius 3 is 2.85 bits per heavy atom. The second kappa shape index (κ2) is 6.90. The molecule has 2 heterocycles. The number of hydrogen-bond donors (Lipinski definition) is 2. The lowest BCUT2D eigenvalue weighted by atomic mass is 10.2. The molecule has 0 bridgehead atoms. The first-order chi connectivity index (χ1) is 9.56. The minimum absolute atomic E-state index is 0.0604. The number of carboxylic acids is 1. The third kappa shape index (κ3) is 4.08. The van der Waals surface area contributed by atoms with E-state index in [0.29, 0.717) is 32.3 Å². The molecule has 0 aliphatic carbocycles. The first kappa shape index (κ1) is 15.1. The Kier molecular flexibility index (Phi) is 5.19. The molecule has 2 saturated heterocycles. The lowest BCUT2D eigenvalue weighted by Gasteiger charge is -2.33. The molecule has 114 valence electrons. The Morgan fingerprint density at radius 2 is 2.20 bits per heavy atom. The van der Waals surface area contributed by atoms with Gasteiger partial charge in [-0.1, -0.05) is 0 Å². The topological polar surface area (TPSA) is 82.1 Å². The molecule has 2 rings (SSSR count). The highest BCUT2D eigenvalue weighted by Gasteiger charge is 2.27. The zero-order valence-corrected chi connectivity index (χ0v) is 11.9. The number of aliphatic carboxylic acids is 1. The summed E-state index contributed by atoms with van der Waals surface area (Å²) in [4.78, 5) is 26.7. The van der Waals surface area contributed by atoms with E-state index in [1.807, 2.05) is 0 Å². The number of rotatable bonds is 4. The Balaban J connectivity index is 1.75. The van der Waals surface area contributed by atoms with Crippen LogP contribution < -0.4 is 5.32 Å². The summed E-state index contributed by atoms with van der Waals surface area (Å²) >= 11 is 0. The van der Waals surface area contributed by atoms with Crippen LogP contribution in [-0.2, 0) is 9.53 Å². The highest BCUT2D eigenvalue weighted by Crippen LogP contribution is 2.14. The summed E-state index contributed by atoms with van der Waals surface area (Å²) in [6, 6.07) is 0.291. The zero-order chi connectivity index (χ0) is 14.5. The summed E-state index contributed by atoms with van der Waals surface area (Å²) in [6.45, 7) is 2.99. The molecule has 7 nitrogen and oxygen atoms in total. The van der Waals surface area contributed by atoms with E-state index in [1.165, 1.54) is 6.42 Å². The Bertz CT molecular complexity index is 364. The molecule has 0 aromatic carbocycles. The highest BCUT2D eigenvalue weighted by molar-refractivity contribution is 5.74. The summed E-state index contributed by atoms with van der Waals surface area (Å²) in [5, 5.41) is 11.7. The van der Waals surface area contributed by atoms with Crippen molar-refractivity contribution in [1.82, 2.24) is 15.1 Å². The van der Waals surface area contributed by atoms with E-state index in [9.17, 15) is 9.59 Å². The van der Waals surface area contributed by atoms with Gasteiger partial charge in [-0.15, -0.1) is 0 Å². The molecule has 2 aliphatic heterocycles. The minimum atomic E-state index is -0.898. The van der Waals surface area contributed by atoms with Gasteiger partial charge in [-0.2, -0.15) is 0 Å². The number of likely N-dealkylation sites (tertiary alicyclic amines) is 1. The standard InChI is InChI=1S/C13H23N3O4/c1-15-4-2-3-10(15)8-14-13(19)16-5-6-20-11(9-16)7-12(17)18/h10-11H,2-9H2,1H3,(H,14,19)(H,17,18). The van der Waals surface area contributed by atoms with E-state index in [4.69, 9.17) is 9.84 Å². The van der Waals surface area contributed by atoms with Gasteiger partial charge in [0.05, 0.1) is 19.1 Å². The second-order valence-corrected chi connectivity index (χ2v) is 5.50. The van der Waals surface area contributed by atoms with Gasteiger partial charge in [-0.3, -0.25) is 4.79 Å². The number of amides is 2. The van der Waals surface area contributed by atoms with E-state index in [-0.39, 0.29) is 12.5 Å². The average Bonchev–Trinajstić information content (AvgIpc) is 2.81. The monoisotopic (exact) mass is 285 g/mol. The number of hydrogen-bond acceptors (Lipinski definition) is 4. The normalized spacial score (nSPS) is 27.6. The number of morpholine rings is 1. The summed E-state index contributed by atoms with van der Waals surface area (Å²) in [7, 11) is 2.07. The van der Waals surface area contributed by atoms with E-state index in [1.54, 1.807) is 4.90 Å². The highest BCUT2D eigenvalue weighted by atomic mass is 16.5. The van der Waals surface area contributed by atoms with Crippen LogP contribution in [0, 0.1) is 0 Å². The molecule has 0 aromatic heterocycles. The SMILES string of the molecule is CN1CCCC1CNC(=O)N1CCOC(CC(=O)O)C1. The molecule has 2 fully saturated rings. The zero-order valence-electron chi connectivity index (χ0n) is 11.9. The van der Waals surface area contributed by atoms with Crippen LogP contribution in [0.3, 0.4) is 0 Å². The van der Waals surface area contributed by atoms with E-state index in [2.05, 4.69) is 17.3 Å². The van der Waals surface area contributed by atoms with Crippen molar-refractivity contribution in [3.63, 3.8) is 0 Å². The molecule has 2 N–H and O–H groups in total. The number of likely N-dealkylation sites (N-methyl/N-ethyl adjacent to an activating group) is 1. The first-order valence-corrected chi connectivity index (χ1v) is 7.12. The second-order valence-electron chi connectivity index (χ2n) is 5.50. The molecule has 2 atom stereocenters. The molecule has 0 spiro atoms. The number of urea groups is 1. The maximum atomic E-state index is 12.1. The Labute approximate surface area is 118 Å². The summed E-state index contributed by atoms with van der Waals surface area (Å²) in [6.07, 6.45) is 1.83. The van der Waals surface area contributed by atoms with Gasteiger partial charge in [0.25, 0.3) is 0 Å². The quantitative estimate of drug-likeness (QED) is 0.758. The minimum Gasteiger partial charge on any atom is -0.481 e. The maximum absolute atomic E-state index is 12.1. The van der Waals surface area contributed by atoms with Crippen LogP contribution in [0.1, 0.15) is 19.3 Å². The van der Waals surface area contributed by atoms with Crippen molar-refractivity contribution in [3.05, 3.63) is 0 Å². The first-order valence-electron chi connectivity index (χ1n) is 7.12. The van der Waals surface area contributed by atoms with Crippen LogP contribution in [0.2, 0.25) is 0 Å². The van der Waals surface area contributed by atoms with Gasteiger partial charge in [0.1, 0.15) is 0 Å². The lowest BCUT2D eigenvalue weighted by Crippen LogP contribution is -2.51. The molecular formula is C13H23N3O4. The fourth-order valence-electron chi connectivity index (χ4n) is 2.78.